The minimum Gasteiger partial charge on any atom is -0.393 e. The van der Waals surface area contributed by atoms with Crippen molar-refractivity contribution in [1.82, 2.24) is 4.90 Å². The van der Waals surface area contributed by atoms with Gasteiger partial charge in [-0.2, -0.15) is 0 Å². The molecule has 0 spiro atoms. The predicted molar refractivity (Wildman–Crippen MR) is 84.2 cm³/mol. The van der Waals surface area contributed by atoms with Crippen LogP contribution in [-0.4, -0.2) is 23.0 Å². The third-order valence-corrected chi connectivity index (χ3v) is 4.29. The number of fused-ring (bicyclic) bond motifs is 1. The van der Waals surface area contributed by atoms with Gasteiger partial charge in [-0.05, 0) is 28.9 Å². The van der Waals surface area contributed by atoms with Gasteiger partial charge >= 0.3 is 0 Å². The van der Waals surface area contributed by atoms with Crippen LogP contribution >= 0.6 is 23.6 Å². The Morgan fingerprint density at radius 1 is 1.39 bits per heavy atom. The van der Waals surface area contributed by atoms with E-state index < -0.39 is 0 Å². The lowest BCUT2D eigenvalue weighted by atomic mass is 10.1. The van der Waals surface area contributed by atoms with Crippen molar-refractivity contribution in [3.63, 3.8) is 0 Å². The molecule has 0 saturated heterocycles. The summed E-state index contributed by atoms with van der Waals surface area (Å²) >= 11 is 6.75. The van der Waals surface area contributed by atoms with Crippen molar-refractivity contribution in [1.29, 1.82) is 0 Å². The molecule has 0 bridgehead atoms. The zero-order valence-electron chi connectivity index (χ0n) is 10.6. The van der Waals surface area contributed by atoms with Gasteiger partial charge in [-0.1, -0.05) is 37.3 Å². The van der Waals surface area contributed by atoms with Gasteiger partial charge in [0.05, 0.1) is 4.99 Å². The van der Waals surface area contributed by atoms with E-state index in [-0.39, 0.29) is 0 Å². The Labute approximate surface area is 117 Å². The summed E-state index contributed by atoms with van der Waals surface area (Å²) in [5, 5.41) is 3.63. The van der Waals surface area contributed by atoms with Gasteiger partial charge in [0, 0.05) is 24.2 Å². The average Bonchev–Trinajstić information content (AvgIpc) is 2.77. The molecule has 2 aromatic rings. The van der Waals surface area contributed by atoms with E-state index >= 15 is 0 Å². The lowest BCUT2D eigenvalue weighted by molar-refractivity contribution is 0.290. The number of hydrogen-bond donors (Lipinski definition) is 1. The number of nitrogens with zero attached hydrogens (tertiary/aromatic N) is 1. The fourth-order valence-corrected chi connectivity index (χ4v) is 3.06. The number of benzene rings is 1. The summed E-state index contributed by atoms with van der Waals surface area (Å²) in [6.07, 6.45) is 0.797. The molecule has 0 saturated carbocycles. The van der Waals surface area contributed by atoms with E-state index in [1.54, 1.807) is 0 Å². The summed E-state index contributed by atoms with van der Waals surface area (Å²) in [5.74, 6) is 0. The van der Waals surface area contributed by atoms with E-state index in [9.17, 15) is 0 Å². The third kappa shape index (κ3) is 3.28. The highest BCUT2D eigenvalue weighted by Gasteiger charge is 2.08. The van der Waals surface area contributed by atoms with Gasteiger partial charge in [0.15, 0.2) is 0 Å². The van der Waals surface area contributed by atoms with Crippen molar-refractivity contribution in [2.75, 3.05) is 13.1 Å². The molecule has 0 radical (unpaired) electrons. The molecular formula is C14H18N2S2. The Morgan fingerprint density at radius 2 is 2.17 bits per heavy atom. The minimum atomic E-state index is 0.601. The van der Waals surface area contributed by atoms with E-state index in [1.165, 1.54) is 15.6 Å². The fraction of sp³-hybridized carbons (Fsp3) is 0.357. The van der Waals surface area contributed by atoms with Crippen molar-refractivity contribution in [2.45, 2.75) is 19.9 Å². The molecule has 0 aliphatic heterocycles. The maximum absolute atomic E-state index is 5.57. The molecule has 0 fully saturated rings. The predicted octanol–water partition coefficient (Wildman–Crippen LogP) is 3.40. The summed E-state index contributed by atoms with van der Waals surface area (Å²) in [6.45, 7) is 5.11. The second-order valence-electron chi connectivity index (χ2n) is 4.34. The van der Waals surface area contributed by atoms with Crippen LogP contribution in [0, 0.1) is 0 Å². The first-order valence-electron chi connectivity index (χ1n) is 6.16. The lowest BCUT2D eigenvalue weighted by Crippen LogP contribution is -2.27. The molecule has 2 N–H and O–H groups in total. The van der Waals surface area contributed by atoms with Crippen LogP contribution in [0.3, 0.4) is 0 Å². The van der Waals surface area contributed by atoms with Gasteiger partial charge in [0.1, 0.15) is 0 Å². The molecule has 2 nitrogen and oxygen atoms in total. The van der Waals surface area contributed by atoms with Crippen LogP contribution in [0.1, 0.15) is 18.9 Å². The SMILES string of the molecule is CCN(CCC(N)=S)Cc1csc2ccccc12. The number of thiocarbonyl (C=S) groups is 1. The quantitative estimate of drug-likeness (QED) is 0.821. The fourth-order valence-electron chi connectivity index (χ4n) is 2.01. The van der Waals surface area contributed by atoms with Gasteiger partial charge in [-0.3, -0.25) is 4.90 Å². The maximum Gasteiger partial charge on any atom is 0.0740 e. The second kappa shape index (κ2) is 6.27. The molecule has 96 valence electrons. The Kier molecular flexibility index (Phi) is 4.69. The van der Waals surface area contributed by atoms with Crippen molar-refractivity contribution < 1.29 is 0 Å². The highest BCUT2D eigenvalue weighted by molar-refractivity contribution is 7.80. The molecule has 18 heavy (non-hydrogen) atoms. The van der Waals surface area contributed by atoms with Crippen molar-refractivity contribution in [3.05, 3.63) is 35.2 Å². The molecule has 4 heteroatoms. The maximum atomic E-state index is 5.57. The number of hydrogen-bond acceptors (Lipinski definition) is 3. The molecule has 0 amide bonds. The largest absolute Gasteiger partial charge is 0.393 e. The van der Waals surface area contributed by atoms with Gasteiger partial charge in [-0.25, -0.2) is 0 Å². The van der Waals surface area contributed by atoms with Crippen molar-refractivity contribution >= 4 is 38.6 Å². The van der Waals surface area contributed by atoms with E-state index in [1.807, 2.05) is 11.3 Å². The lowest BCUT2D eigenvalue weighted by Gasteiger charge is -2.19. The van der Waals surface area contributed by atoms with E-state index in [0.717, 1.165) is 26.1 Å². The molecule has 2 rings (SSSR count). The smallest absolute Gasteiger partial charge is 0.0740 e. The first-order valence-corrected chi connectivity index (χ1v) is 7.45. The Hall–Kier alpha value is -0.970. The van der Waals surface area contributed by atoms with E-state index in [0.29, 0.717) is 4.99 Å². The van der Waals surface area contributed by atoms with Gasteiger partial charge in [0.25, 0.3) is 0 Å². The number of nitrogens with two attached hydrogens (primary N) is 1. The molecule has 1 heterocycles. The summed E-state index contributed by atoms with van der Waals surface area (Å²) in [4.78, 5) is 2.98. The van der Waals surface area contributed by atoms with Crippen LogP contribution in [0.25, 0.3) is 10.1 Å². The normalized spacial score (nSPS) is 11.2. The topological polar surface area (TPSA) is 29.3 Å². The van der Waals surface area contributed by atoms with Crippen molar-refractivity contribution in [2.24, 2.45) is 5.73 Å². The monoisotopic (exact) mass is 278 g/mol. The molecule has 1 aromatic heterocycles. The molecule has 0 atom stereocenters. The molecule has 0 unspecified atom stereocenters. The highest BCUT2D eigenvalue weighted by atomic mass is 32.1. The molecular weight excluding hydrogens is 260 g/mol. The highest BCUT2D eigenvalue weighted by Crippen LogP contribution is 2.26. The Morgan fingerprint density at radius 3 is 2.89 bits per heavy atom. The van der Waals surface area contributed by atoms with E-state index in [2.05, 4.69) is 41.5 Å². The third-order valence-electron chi connectivity index (χ3n) is 3.08. The standard InChI is InChI=1S/C14H18N2S2/c1-2-16(8-7-14(15)17)9-11-10-18-13-6-4-3-5-12(11)13/h3-6,10H,2,7-9H2,1H3,(H2,15,17). The number of rotatable bonds is 6. The van der Waals surface area contributed by atoms with Gasteiger partial charge < -0.3 is 5.73 Å². The Balaban J connectivity index is 2.09. The summed E-state index contributed by atoms with van der Waals surface area (Å²) in [5.41, 5.74) is 6.97. The minimum absolute atomic E-state index is 0.601. The van der Waals surface area contributed by atoms with Crippen LogP contribution < -0.4 is 5.73 Å². The van der Waals surface area contributed by atoms with Crippen LogP contribution in [-0.2, 0) is 6.54 Å². The summed E-state index contributed by atoms with van der Waals surface area (Å²) in [6, 6.07) is 8.56. The molecule has 0 aliphatic rings. The molecule has 1 aromatic carbocycles. The second-order valence-corrected chi connectivity index (χ2v) is 5.78. The molecule has 0 aliphatic carbocycles. The summed E-state index contributed by atoms with van der Waals surface area (Å²) in [7, 11) is 0. The first kappa shape index (κ1) is 13.5. The average molecular weight is 278 g/mol. The van der Waals surface area contributed by atoms with Crippen LogP contribution in [0.2, 0.25) is 0 Å². The number of thiophene rings is 1. The van der Waals surface area contributed by atoms with Crippen molar-refractivity contribution in [3.8, 4) is 0 Å². The van der Waals surface area contributed by atoms with Crippen LogP contribution in [0.5, 0.6) is 0 Å². The zero-order chi connectivity index (χ0) is 13.0. The van der Waals surface area contributed by atoms with Crippen LogP contribution in [0.15, 0.2) is 29.6 Å². The van der Waals surface area contributed by atoms with Gasteiger partial charge in [-0.15, -0.1) is 11.3 Å². The van der Waals surface area contributed by atoms with E-state index in [4.69, 9.17) is 18.0 Å². The Bertz CT molecular complexity index is 533. The van der Waals surface area contributed by atoms with Crippen LogP contribution in [0.4, 0.5) is 0 Å². The summed E-state index contributed by atoms with van der Waals surface area (Å²) < 4.78 is 1.36. The first-order chi connectivity index (χ1) is 8.70. The zero-order valence-corrected chi connectivity index (χ0v) is 12.2. The van der Waals surface area contributed by atoms with Gasteiger partial charge in [0.2, 0.25) is 0 Å².